The van der Waals surface area contributed by atoms with Gasteiger partial charge in [-0.05, 0) is 161 Å². The lowest BCUT2D eigenvalue weighted by Crippen LogP contribution is -2.16. The molecule has 0 radical (unpaired) electrons. The number of methoxy groups -OCH3 is 4. The van der Waals surface area contributed by atoms with Gasteiger partial charge in [0.05, 0.1) is 45.1 Å². The molecular formula is C58H48O11. The maximum Gasteiger partial charge on any atom is 0.343 e. The Labute approximate surface area is 400 Å². The highest BCUT2D eigenvalue weighted by molar-refractivity contribution is 5.92. The summed E-state index contributed by atoms with van der Waals surface area (Å²) in [6.45, 7) is 0.358. The predicted molar refractivity (Wildman–Crippen MR) is 261 cm³/mol. The minimum absolute atomic E-state index is 0.354. The first-order chi connectivity index (χ1) is 33.7. The average Bonchev–Trinajstić information content (AvgIpc) is 3.41. The highest BCUT2D eigenvalue weighted by Gasteiger charge is 2.29. The highest BCUT2D eigenvalue weighted by atomic mass is 16.5. The first kappa shape index (κ1) is 46.7. The maximum absolute atomic E-state index is 13.2. The lowest BCUT2D eigenvalue weighted by atomic mass is 9.73. The van der Waals surface area contributed by atoms with Gasteiger partial charge in [-0.15, -0.1) is 0 Å². The molecule has 0 aliphatic rings. The van der Waals surface area contributed by atoms with E-state index in [1.807, 2.05) is 84.9 Å². The van der Waals surface area contributed by atoms with E-state index in [1.165, 1.54) is 0 Å². The number of hydrogen-bond donors (Lipinski definition) is 0. The lowest BCUT2D eigenvalue weighted by Gasteiger charge is -2.30. The van der Waals surface area contributed by atoms with Crippen LogP contribution >= 0.6 is 0 Å². The SMILES string of the molecule is COc1ccc(COc2ccc(C(c3ccc(OC(=O)c4ccc(OC)cc4)cc3)C(c3ccc(OC(=O)c4ccc(OC)cc4)cc3)c3ccc(OC(=O)c4ccc(OC)cc4)cc3)cc2)cc1. The van der Waals surface area contributed by atoms with Crippen LogP contribution in [0.25, 0.3) is 0 Å². The summed E-state index contributed by atoms with van der Waals surface area (Å²) < 4.78 is 44.7. The minimum atomic E-state index is -0.512. The van der Waals surface area contributed by atoms with Crippen molar-refractivity contribution < 1.29 is 52.3 Å². The number of carbonyl (C=O) groups excluding carboxylic acids is 3. The number of rotatable bonds is 18. The molecule has 11 heteroatoms. The molecule has 8 rings (SSSR count). The molecule has 69 heavy (non-hydrogen) atoms. The van der Waals surface area contributed by atoms with Crippen molar-refractivity contribution in [3.8, 4) is 46.0 Å². The third-order valence-corrected chi connectivity index (χ3v) is 11.5. The van der Waals surface area contributed by atoms with Crippen molar-refractivity contribution >= 4 is 17.9 Å². The fourth-order valence-electron chi connectivity index (χ4n) is 7.72. The van der Waals surface area contributed by atoms with Crippen LogP contribution < -0.4 is 37.9 Å². The predicted octanol–water partition coefficient (Wildman–Crippen LogP) is 11.9. The second kappa shape index (κ2) is 22.1. The summed E-state index contributed by atoms with van der Waals surface area (Å²) >= 11 is 0. The zero-order chi connectivity index (χ0) is 48.1. The van der Waals surface area contributed by atoms with Crippen LogP contribution in [0.4, 0.5) is 0 Å². The molecular weight excluding hydrogens is 873 g/mol. The number of ether oxygens (including phenoxy) is 8. The third kappa shape index (κ3) is 11.8. The first-order valence-electron chi connectivity index (χ1n) is 21.9. The molecule has 0 aliphatic carbocycles. The van der Waals surface area contributed by atoms with Crippen LogP contribution in [-0.4, -0.2) is 46.3 Å². The Morgan fingerprint density at radius 1 is 0.304 bits per heavy atom. The number of carbonyl (C=O) groups is 3. The van der Waals surface area contributed by atoms with Gasteiger partial charge in [0.15, 0.2) is 0 Å². The molecule has 0 saturated heterocycles. The molecule has 0 aliphatic heterocycles. The van der Waals surface area contributed by atoms with E-state index >= 15 is 0 Å². The second-order valence-corrected chi connectivity index (χ2v) is 15.7. The lowest BCUT2D eigenvalue weighted by molar-refractivity contribution is 0.0725. The second-order valence-electron chi connectivity index (χ2n) is 15.7. The summed E-state index contributed by atoms with van der Waals surface area (Å²) in [4.78, 5) is 39.6. The molecule has 8 aromatic rings. The largest absolute Gasteiger partial charge is 0.497 e. The van der Waals surface area contributed by atoms with Crippen LogP contribution in [-0.2, 0) is 6.61 Å². The van der Waals surface area contributed by atoms with E-state index in [1.54, 1.807) is 138 Å². The summed E-state index contributed by atoms with van der Waals surface area (Å²) in [5, 5.41) is 0. The van der Waals surface area contributed by atoms with Crippen LogP contribution in [0.3, 0.4) is 0 Å². The van der Waals surface area contributed by atoms with Crippen molar-refractivity contribution in [1.82, 2.24) is 0 Å². The monoisotopic (exact) mass is 920 g/mol. The van der Waals surface area contributed by atoms with Gasteiger partial charge >= 0.3 is 17.9 Å². The highest BCUT2D eigenvalue weighted by Crippen LogP contribution is 2.44. The quantitative estimate of drug-likeness (QED) is 0.0603. The zero-order valence-electron chi connectivity index (χ0n) is 38.3. The topological polar surface area (TPSA) is 125 Å². The van der Waals surface area contributed by atoms with Gasteiger partial charge in [-0.25, -0.2) is 14.4 Å². The van der Waals surface area contributed by atoms with Crippen molar-refractivity contribution in [3.63, 3.8) is 0 Å². The zero-order valence-corrected chi connectivity index (χ0v) is 38.3. The Kier molecular flexibility index (Phi) is 15.0. The summed E-state index contributed by atoms with van der Waals surface area (Å²) in [6, 6.07) is 58.0. The van der Waals surface area contributed by atoms with Crippen molar-refractivity contribution in [2.24, 2.45) is 0 Å². The molecule has 0 N–H and O–H groups in total. The molecule has 0 amide bonds. The van der Waals surface area contributed by atoms with Crippen LogP contribution in [0.1, 0.15) is 70.7 Å². The van der Waals surface area contributed by atoms with Gasteiger partial charge in [0.25, 0.3) is 0 Å². The smallest absolute Gasteiger partial charge is 0.343 e. The summed E-state index contributed by atoms with van der Waals surface area (Å²) in [6.07, 6.45) is 0. The van der Waals surface area contributed by atoms with Crippen molar-refractivity contribution in [2.75, 3.05) is 28.4 Å². The Balaban J connectivity index is 1.14. The summed E-state index contributed by atoms with van der Waals surface area (Å²) in [5.74, 6) is 2.14. The van der Waals surface area contributed by atoms with E-state index in [4.69, 9.17) is 37.9 Å². The molecule has 1 unspecified atom stereocenters. The molecule has 0 spiro atoms. The van der Waals surface area contributed by atoms with Crippen LogP contribution in [0.2, 0.25) is 0 Å². The molecule has 11 nitrogen and oxygen atoms in total. The minimum Gasteiger partial charge on any atom is -0.497 e. The van der Waals surface area contributed by atoms with Gasteiger partial charge in [-0.3, -0.25) is 0 Å². The van der Waals surface area contributed by atoms with Gasteiger partial charge < -0.3 is 37.9 Å². The van der Waals surface area contributed by atoms with Crippen molar-refractivity contribution in [1.29, 1.82) is 0 Å². The van der Waals surface area contributed by atoms with E-state index < -0.39 is 17.9 Å². The van der Waals surface area contributed by atoms with Gasteiger partial charge in [0.1, 0.15) is 52.6 Å². The van der Waals surface area contributed by atoms with E-state index in [-0.39, 0.29) is 11.8 Å². The van der Waals surface area contributed by atoms with Gasteiger partial charge in [-0.2, -0.15) is 0 Å². The molecule has 0 saturated carbocycles. The molecule has 1 atom stereocenters. The fourth-order valence-corrected chi connectivity index (χ4v) is 7.72. The Bertz CT molecular complexity index is 2840. The molecule has 0 fully saturated rings. The number of esters is 3. The first-order valence-corrected chi connectivity index (χ1v) is 21.9. The molecule has 0 bridgehead atoms. The Morgan fingerprint density at radius 3 is 0.797 bits per heavy atom. The number of benzene rings is 8. The Morgan fingerprint density at radius 2 is 0.536 bits per heavy atom. The molecule has 8 aromatic carbocycles. The molecule has 346 valence electrons. The average molecular weight is 921 g/mol. The van der Waals surface area contributed by atoms with Gasteiger partial charge in [-0.1, -0.05) is 60.7 Å². The van der Waals surface area contributed by atoms with Crippen LogP contribution in [0.15, 0.2) is 194 Å². The van der Waals surface area contributed by atoms with Crippen LogP contribution in [0.5, 0.6) is 46.0 Å². The van der Waals surface area contributed by atoms with Crippen molar-refractivity contribution in [2.45, 2.75) is 18.4 Å². The summed E-state index contributed by atoms with van der Waals surface area (Å²) in [7, 11) is 6.32. The normalized spacial score (nSPS) is 11.2. The molecule has 0 aromatic heterocycles. The van der Waals surface area contributed by atoms with Crippen LogP contribution in [0, 0.1) is 0 Å². The standard InChI is InChI=1S/C58H48O11/c1-62-46-21-5-38(6-22-46)37-66-50-29-7-39(8-30-50)54(40-9-31-51(32-10-40)67-56(59)43-15-23-47(63-2)24-16-43)55(41-11-33-52(34-12-41)68-57(60)44-17-25-48(64-3)26-18-44)42-13-35-53(36-14-42)69-58(61)45-19-27-49(65-4)28-20-45/h5-36,54-55H,37H2,1-4H3. The van der Waals surface area contributed by atoms with Crippen molar-refractivity contribution in [3.05, 3.63) is 239 Å². The van der Waals surface area contributed by atoms with E-state index in [0.29, 0.717) is 63.5 Å². The number of hydrogen-bond acceptors (Lipinski definition) is 11. The van der Waals surface area contributed by atoms with E-state index in [2.05, 4.69) is 0 Å². The van der Waals surface area contributed by atoms with E-state index in [9.17, 15) is 14.4 Å². The fraction of sp³-hybridized carbons (Fsp3) is 0.121. The summed E-state index contributed by atoms with van der Waals surface area (Å²) in [5.41, 5.74) is 5.75. The van der Waals surface area contributed by atoms with Gasteiger partial charge in [0, 0.05) is 11.8 Å². The maximum atomic E-state index is 13.2. The van der Waals surface area contributed by atoms with Gasteiger partial charge in [0.2, 0.25) is 0 Å². The molecule has 0 heterocycles. The third-order valence-electron chi connectivity index (χ3n) is 11.5. The van der Waals surface area contributed by atoms with E-state index in [0.717, 1.165) is 33.6 Å². The Hall–Kier alpha value is -8.83.